The van der Waals surface area contributed by atoms with Crippen LogP contribution in [0.4, 0.5) is 10.1 Å². The van der Waals surface area contributed by atoms with Crippen LogP contribution in [0.2, 0.25) is 0 Å². The van der Waals surface area contributed by atoms with Gasteiger partial charge in [0.25, 0.3) is 0 Å². The molecule has 4 heteroatoms. The van der Waals surface area contributed by atoms with Crippen LogP contribution in [0.5, 0.6) is 0 Å². The maximum atomic E-state index is 13.7. The zero-order chi connectivity index (χ0) is 15.0. The van der Waals surface area contributed by atoms with Crippen LogP contribution in [0.25, 0.3) is 0 Å². The molecule has 1 rings (SSSR count). The Labute approximate surface area is 119 Å². The predicted octanol–water partition coefficient (Wildman–Crippen LogP) is 2.93. The number of carbonyl (C=O) groups excluding carboxylic acids is 1. The summed E-state index contributed by atoms with van der Waals surface area (Å²) in [5.41, 5.74) is 0.696. The number of benzene rings is 1. The Morgan fingerprint density at radius 2 is 2.25 bits per heavy atom. The highest BCUT2D eigenvalue weighted by molar-refractivity contribution is 5.90. The van der Waals surface area contributed by atoms with E-state index in [0.29, 0.717) is 24.4 Å². The van der Waals surface area contributed by atoms with Crippen LogP contribution in [-0.4, -0.2) is 17.6 Å². The molecule has 108 valence electrons. The number of aliphatic hydroxyl groups is 1. The van der Waals surface area contributed by atoms with E-state index in [1.54, 1.807) is 6.07 Å². The Balaban J connectivity index is 2.68. The minimum absolute atomic E-state index is 0.0433. The summed E-state index contributed by atoms with van der Waals surface area (Å²) in [6.07, 6.45) is 1.67. The van der Waals surface area contributed by atoms with Gasteiger partial charge in [-0.1, -0.05) is 32.1 Å². The molecular weight excluding hydrogens is 257 g/mol. The summed E-state index contributed by atoms with van der Waals surface area (Å²) < 4.78 is 13.7. The van der Waals surface area contributed by atoms with Gasteiger partial charge in [0.2, 0.25) is 5.91 Å². The van der Waals surface area contributed by atoms with Crippen molar-refractivity contribution in [3.63, 3.8) is 0 Å². The molecule has 0 radical (unpaired) electrons. The van der Waals surface area contributed by atoms with Gasteiger partial charge in [0, 0.05) is 18.5 Å². The number of hydrogen-bond donors (Lipinski definition) is 2. The zero-order valence-corrected chi connectivity index (χ0v) is 11.9. The average Bonchev–Trinajstić information content (AvgIpc) is 2.41. The van der Waals surface area contributed by atoms with Gasteiger partial charge in [0.05, 0.1) is 12.2 Å². The van der Waals surface area contributed by atoms with Crippen molar-refractivity contribution in [1.82, 2.24) is 0 Å². The molecule has 1 aromatic carbocycles. The molecule has 0 aromatic heterocycles. The second-order valence-electron chi connectivity index (χ2n) is 4.74. The lowest BCUT2D eigenvalue weighted by Gasteiger charge is -2.09. The summed E-state index contributed by atoms with van der Waals surface area (Å²) in [7, 11) is 0. The molecule has 3 nitrogen and oxygen atoms in total. The van der Waals surface area contributed by atoms with Crippen molar-refractivity contribution in [2.75, 3.05) is 11.9 Å². The maximum Gasteiger partial charge on any atom is 0.224 e. The van der Waals surface area contributed by atoms with Crippen molar-refractivity contribution in [2.24, 2.45) is 5.92 Å². The fourth-order valence-electron chi connectivity index (χ4n) is 1.58. The quantitative estimate of drug-likeness (QED) is 0.813. The number of halogens is 1. The molecule has 0 saturated carbocycles. The highest BCUT2D eigenvalue weighted by Gasteiger charge is 2.08. The molecule has 0 heterocycles. The van der Waals surface area contributed by atoms with E-state index in [1.807, 2.05) is 13.8 Å². The molecule has 1 unspecified atom stereocenters. The van der Waals surface area contributed by atoms with Crippen LogP contribution < -0.4 is 5.32 Å². The molecule has 20 heavy (non-hydrogen) atoms. The molecule has 2 N–H and O–H groups in total. The van der Waals surface area contributed by atoms with E-state index in [-0.39, 0.29) is 18.1 Å². The van der Waals surface area contributed by atoms with E-state index < -0.39 is 5.82 Å². The summed E-state index contributed by atoms with van der Waals surface area (Å²) in [6, 6.07) is 4.41. The lowest BCUT2D eigenvalue weighted by atomic mass is 10.0. The minimum atomic E-state index is -0.475. The van der Waals surface area contributed by atoms with Gasteiger partial charge in [-0.25, -0.2) is 4.39 Å². The van der Waals surface area contributed by atoms with Crippen molar-refractivity contribution >= 4 is 11.6 Å². The summed E-state index contributed by atoms with van der Waals surface area (Å²) >= 11 is 0. The van der Waals surface area contributed by atoms with Crippen molar-refractivity contribution in [1.29, 1.82) is 0 Å². The first kappa shape index (κ1) is 16.2. The molecule has 0 bridgehead atoms. The van der Waals surface area contributed by atoms with Crippen LogP contribution in [0.1, 0.15) is 38.7 Å². The van der Waals surface area contributed by atoms with Crippen LogP contribution >= 0.6 is 0 Å². The normalized spacial score (nSPS) is 11.4. The van der Waals surface area contributed by atoms with Gasteiger partial charge in [-0.05, 0) is 24.1 Å². The standard InChI is InChI=1S/C16H20FNO2/c1-3-12(2)10-16(20)18-14-8-7-13(15(17)11-14)6-4-5-9-19/h7-8,11-12,19H,3,5,9-10H2,1-2H3,(H,18,20). The second-order valence-corrected chi connectivity index (χ2v) is 4.74. The minimum Gasteiger partial charge on any atom is -0.395 e. The number of nitrogens with one attached hydrogen (secondary N) is 1. The Morgan fingerprint density at radius 3 is 2.85 bits per heavy atom. The van der Waals surface area contributed by atoms with Gasteiger partial charge in [-0.3, -0.25) is 4.79 Å². The monoisotopic (exact) mass is 277 g/mol. The van der Waals surface area contributed by atoms with E-state index in [4.69, 9.17) is 5.11 Å². The van der Waals surface area contributed by atoms with Crippen LogP contribution in [0, 0.1) is 23.6 Å². The summed E-state index contributed by atoms with van der Waals surface area (Å²) in [5.74, 6) is 5.02. The number of rotatable bonds is 5. The maximum absolute atomic E-state index is 13.7. The van der Waals surface area contributed by atoms with Gasteiger partial charge in [0.15, 0.2) is 0 Å². The van der Waals surface area contributed by atoms with Crippen LogP contribution in [-0.2, 0) is 4.79 Å². The van der Waals surface area contributed by atoms with E-state index in [2.05, 4.69) is 17.2 Å². The van der Waals surface area contributed by atoms with Crippen molar-refractivity contribution in [3.05, 3.63) is 29.6 Å². The fourth-order valence-corrected chi connectivity index (χ4v) is 1.58. The molecule has 1 amide bonds. The van der Waals surface area contributed by atoms with Crippen molar-refractivity contribution in [3.8, 4) is 11.8 Å². The lowest BCUT2D eigenvalue weighted by Crippen LogP contribution is -2.14. The van der Waals surface area contributed by atoms with Crippen LogP contribution in [0.15, 0.2) is 18.2 Å². The third kappa shape index (κ3) is 5.41. The van der Waals surface area contributed by atoms with E-state index in [1.165, 1.54) is 12.1 Å². The number of carbonyl (C=O) groups is 1. The Bertz CT molecular complexity index is 517. The summed E-state index contributed by atoms with van der Waals surface area (Å²) in [5, 5.41) is 11.3. The van der Waals surface area contributed by atoms with E-state index >= 15 is 0 Å². The number of aliphatic hydroxyl groups excluding tert-OH is 1. The van der Waals surface area contributed by atoms with Gasteiger partial charge >= 0.3 is 0 Å². The first-order valence-electron chi connectivity index (χ1n) is 6.76. The second kappa shape index (κ2) is 8.34. The van der Waals surface area contributed by atoms with E-state index in [0.717, 1.165) is 6.42 Å². The number of amides is 1. The van der Waals surface area contributed by atoms with Crippen molar-refractivity contribution < 1.29 is 14.3 Å². The summed E-state index contributed by atoms with van der Waals surface area (Å²) in [6.45, 7) is 3.98. The topological polar surface area (TPSA) is 49.3 Å². The molecule has 1 aromatic rings. The molecule has 0 aliphatic heterocycles. The third-order valence-electron chi connectivity index (χ3n) is 2.94. The summed E-state index contributed by atoms with van der Waals surface area (Å²) in [4.78, 5) is 11.7. The SMILES string of the molecule is CCC(C)CC(=O)Nc1ccc(C#CCCO)c(F)c1. The Hall–Kier alpha value is -1.86. The lowest BCUT2D eigenvalue weighted by molar-refractivity contribution is -0.117. The average molecular weight is 277 g/mol. The molecule has 0 saturated heterocycles. The number of anilines is 1. The van der Waals surface area contributed by atoms with Crippen LogP contribution in [0.3, 0.4) is 0 Å². The first-order chi connectivity index (χ1) is 9.56. The third-order valence-corrected chi connectivity index (χ3v) is 2.94. The smallest absolute Gasteiger partial charge is 0.224 e. The van der Waals surface area contributed by atoms with E-state index in [9.17, 15) is 9.18 Å². The van der Waals surface area contributed by atoms with Crippen molar-refractivity contribution in [2.45, 2.75) is 33.1 Å². The highest BCUT2D eigenvalue weighted by Crippen LogP contribution is 2.15. The van der Waals surface area contributed by atoms with Gasteiger partial charge in [-0.15, -0.1) is 0 Å². The molecule has 0 aliphatic carbocycles. The van der Waals surface area contributed by atoms with Gasteiger partial charge in [0.1, 0.15) is 5.82 Å². The molecule has 0 fully saturated rings. The zero-order valence-electron chi connectivity index (χ0n) is 11.9. The number of hydrogen-bond acceptors (Lipinski definition) is 2. The first-order valence-corrected chi connectivity index (χ1v) is 6.76. The fraction of sp³-hybridized carbons (Fsp3) is 0.438. The predicted molar refractivity (Wildman–Crippen MR) is 77.7 cm³/mol. The molecule has 0 aliphatic rings. The molecular formula is C16H20FNO2. The largest absolute Gasteiger partial charge is 0.395 e. The van der Waals surface area contributed by atoms with Gasteiger partial charge < -0.3 is 10.4 Å². The molecule has 1 atom stereocenters. The highest BCUT2D eigenvalue weighted by atomic mass is 19.1. The Kier molecular flexibility index (Phi) is 6.75. The molecule has 0 spiro atoms. The van der Waals surface area contributed by atoms with Gasteiger partial charge in [-0.2, -0.15) is 0 Å². The Morgan fingerprint density at radius 1 is 1.50 bits per heavy atom.